The number of nitrogen functional groups attached to an aromatic ring is 1. The highest BCUT2D eigenvalue weighted by atomic mass is 15.2. The van der Waals surface area contributed by atoms with Gasteiger partial charge in [-0.2, -0.15) is 5.10 Å². The lowest BCUT2D eigenvalue weighted by molar-refractivity contribution is 0.634. The van der Waals surface area contributed by atoms with Crippen molar-refractivity contribution >= 4 is 5.69 Å². The fourth-order valence-corrected chi connectivity index (χ4v) is 2.37. The first kappa shape index (κ1) is 11.1. The number of hydrogen-bond donors (Lipinski definition) is 1. The SMILES string of the molecule is Cc1c(N)cccc1-c1nnc2c(n1)CCCC2. The van der Waals surface area contributed by atoms with Crippen molar-refractivity contribution in [3.63, 3.8) is 0 Å². The van der Waals surface area contributed by atoms with E-state index in [0.29, 0.717) is 5.82 Å². The molecule has 1 aromatic carbocycles. The van der Waals surface area contributed by atoms with Gasteiger partial charge in [0.05, 0.1) is 11.4 Å². The van der Waals surface area contributed by atoms with E-state index >= 15 is 0 Å². The van der Waals surface area contributed by atoms with Crippen molar-refractivity contribution < 1.29 is 0 Å². The van der Waals surface area contributed by atoms with E-state index in [-0.39, 0.29) is 0 Å². The highest BCUT2D eigenvalue weighted by Gasteiger charge is 2.15. The highest BCUT2D eigenvalue weighted by Crippen LogP contribution is 2.25. The van der Waals surface area contributed by atoms with E-state index in [0.717, 1.165) is 41.0 Å². The molecule has 0 aliphatic heterocycles. The highest BCUT2D eigenvalue weighted by molar-refractivity contribution is 5.67. The van der Waals surface area contributed by atoms with Crippen LogP contribution in [-0.4, -0.2) is 15.2 Å². The molecule has 1 aliphatic rings. The van der Waals surface area contributed by atoms with Crippen LogP contribution in [0.1, 0.15) is 29.8 Å². The van der Waals surface area contributed by atoms with Crippen LogP contribution in [0.2, 0.25) is 0 Å². The van der Waals surface area contributed by atoms with Crippen molar-refractivity contribution in [2.75, 3.05) is 5.73 Å². The minimum Gasteiger partial charge on any atom is -0.398 e. The predicted octanol–water partition coefficient (Wildman–Crippen LogP) is 2.31. The van der Waals surface area contributed by atoms with E-state index in [1.54, 1.807) is 0 Å². The molecular formula is C14H16N4. The molecule has 0 radical (unpaired) electrons. The first-order chi connectivity index (χ1) is 8.75. The molecule has 0 fully saturated rings. The van der Waals surface area contributed by atoms with Crippen LogP contribution in [0.4, 0.5) is 5.69 Å². The number of anilines is 1. The molecule has 0 unspecified atom stereocenters. The molecule has 0 saturated carbocycles. The minimum absolute atomic E-state index is 0.695. The maximum atomic E-state index is 5.92. The third kappa shape index (κ3) is 1.83. The number of hydrogen-bond acceptors (Lipinski definition) is 4. The summed E-state index contributed by atoms with van der Waals surface area (Å²) in [6, 6.07) is 5.82. The van der Waals surface area contributed by atoms with Crippen LogP contribution in [0.15, 0.2) is 18.2 Å². The zero-order chi connectivity index (χ0) is 12.5. The van der Waals surface area contributed by atoms with Gasteiger partial charge in [-0.25, -0.2) is 4.98 Å². The quantitative estimate of drug-likeness (QED) is 0.777. The smallest absolute Gasteiger partial charge is 0.182 e. The van der Waals surface area contributed by atoms with Crippen molar-refractivity contribution in [3.8, 4) is 11.4 Å². The number of nitrogens with two attached hydrogens (primary N) is 1. The molecule has 0 spiro atoms. The minimum atomic E-state index is 0.695. The lowest BCUT2D eigenvalue weighted by Crippen LogP contribution is -2.11. The number of rotatable bonds is 1. The Hall–Kier alpha value is -1.97. The van der Waals surface area contributed by atoms with Crippen LogP contribution in [0, 0.1) is 6.92 Å². The van der Waals surface area contributed by atoms with Gasteiger partial charge in [-0.15, -0.1) is 5.10 Å². The Bertz CT molecular complexity index is 592. The van der Waals surface area contributed by atoms with Crippen molar-refractivity contribution in [2.24, 2.45) is 0 Å². The second-order valence-corrected chi connectivity index (χ2v) is 4.76. The molecule has 92 valence electrons. The Kier molecular flexibility index (Phi) is 2.70. The van der Waals surface area contributed by atoms with Crippen LogP contribution in [0.3, 0.4) is 0 Å². The molecule has 2 N–H and O–H groups in total. The standard InChI is InChI=1S/C14H16N4/c1-9-10(5-4-6-11(9)15)14-16-12-7-2-3-8-13(12)17-18-14/h4-6H,2-3,7-8,15H2,1H3. The zero-order valence-corrected chi connectivity index (χ0v) is 10.5. The second kappa shape index (κ2) is 4.37. The Morgan fingerprint density at radius 3 is 2.67 bits per heavy atom. The summed E-state index contributed by atoms with van der Waals surface area (Å²) in [5.41, 5.74) is 10.9. The van der Waals surface area contributed by atoms with E-state index in [4.69, 9.17) is 5.73 Å². The second-order valence-electron chi connectivity index (χ2n) is 4.76. The summed E-state index contributed by atoms with van der Waals surface area (Å²) in [6.45, 7) is 1.99. The van der Waals surface area contributed by atoms with Crippen LogP contribution in [0.5, 0.6) is 0 Å². The largest absolute Gasteiger partial charge is 0.398 e. The molecule has 1 aromatic heterocycles. The Labute approximate surface area is 106 Å². The summed E-state index contributed by atoms with van der Waals surface area (Å²) in [7, 11) is 0. The van der Waals surface area contributed by atoms with Crippen molar-refractivity contribution in [1.82, 2.24) is 15.2 Å². The number of fused-ring (bicyclic) bond motifs is 1. The molecule has 0 bridgehead atoms. The third-order valence-electron chi connectivity index (χ3n) is 3.53. The summed E-state index contributed by atoms with van der Waals surface area (Å²) in [5.74, 6) is 0.695. The molecule has 0 amide bonds. The number of aromatic nitrogens is 3. The number of nitrogens with zero attached hydrogens (tertiary/aromatic N) is 3. The first-order valence-electron chi connectivity index (χ1n) is 6.33. The lowest BCUT2D eigenvalue weighted by atomic mass is 10.0. The molecule has 3 rings (SSSR count). The van der Waals surface area contributed by atoms with Gasteiger partial charge in [-0.1, -0.05) is 12.1 Å². The van der Waals surface area contributed by atoms with Gasteiger partial charge in [0, 0.05) is 11.3 Å². The molecule has 0 saturated heterocycles. The molecule has 18 heavy (non-hydrogen) atoms. The molecule has 0 atom stereocenters. The van der Waals surface area contributed by atoms with Gasteiger partial charge in [0.15, 0.2) is 5.82 Å². The average Bonchev–Trinajstić information content (AvgIpc) is 2.41. The van der Waals surface area contributed by atoms with Gasteiger partial charge in [0.1, 0.15) is 0 Å². The Morgan fingerprint density at radius 1 is 1.06 bits per heavy atom. The van der Waals surface area contributed by atoms with Crippen LogP contribution >= 0.6 is 0 Å². The third-order valence-corrected chi connectivity index (χ3v) is 3.53. The van der Waals surface area contributed by atoms with E-state index in [1.807, 2.05) is 25.1 Å². The maximum absolute atomic E-state index is 5.92. The summed E-state index contributed by atoms with van der Waals surface area (Å²) in [5, 5.41) is 8.56. The Morgan fingerprint density at radius 2 is 1.83 bits per heavy atom. The monoisotopic (exact) mass is 240 g/mol. The van der Waals surface area contributed by atoms with Crippen LogP contribution in [-0.2, 0) is 12.8 Å². The molecule has 1 aliphatic carbocycles. The van der Waals surface area contributed by atoms with Crippen molar-refractivity contribution in [2.45, 2.75) is 32.6 Å². The number of aryl methyl sites for hydroxylation is 2. The fourth-order valence-electron chi connectivity index (χ4n) is 2.37. The molecular weight excluding hydrogens is 224 g/mol. The predicted molar refractivity (Wildman–Crippen MR) is 71.1 cm³/mol. The lowest BCUT2D eigenvalue weighted by Gasteiger charge is -2.14. The maximum Gasteiger partial charge on any atom is 0.182 e. The van der Waals surface area contributed by atoms with Crippen molar-refractivity contribution in [1.29, 1.82) is 0 Å². The molecule has 2 aromatic rings. The molecule has 4 nitrogen and oxygen atoms in total. The van der Waals surface area contributed by atoms with Gasteiger partial charge >= 0.3 is 0 Å². The fraction of sp³-hybridized carbons (Fsp3) is 0.357. The van der Waals surface area contributed by atoms with Gasteiger partial charge in [0.2, 0.25) is 0 Å². The molecule has 1 heterocycles. The van der Waals surface area contributed by atoms with Crippen molar-refractivity contribution in [3.05, 3.63) is 35.2 Å². The van der Waals surface area contributed by atoms with Gasteiger partial charge < -0.3 is 5.73 Å². The van der Waals surface area contributed by atoms with E-state index in [9.17, 15) is 0 Å². The Balaban J connectivity index is 2.09. The summed E-state index contributed by atoms with van der Waals surface area (Å²) in [4.78, 5) is 4.66. The van der Waals surface area contributed by atoms with E-state index < -0.39 is 0 Å². The topological polar surface area (TPSA) is 64.7 Å². The van der Waals surface area contributed by atoms with Gasteiger partial charge in [-0.05, 0) is 44.2 Å². The number of benzene rings is 1. The summed E-state index contributed by atoms with van der Waals surface area (Å²) >= 11 is 0. The molecule has 4 heteroatoms. The summed E-state index contributed by atoms with van der Waals surface area (Å²) < 4.78 is 0. The van der Waals surface area contributed by atoms with Gasteiger partial charge in [0.25, 0.3) is 0 Å². The van der Waals surface area contributed by atoms with Crippen LogP contribution in [0.25, 0.3) is 11.4 Å². The normalized spacial score (nSPS) is 14.3. The van der Waals surface area contributed by atoms with E-state index in [1.165, 1.54) is 12.8 Å². The summed E-state index contributed by atoms with van der Waals surface area (Å²) in [6.07, 6.45) is 4.41. The van der Waals surface area contributed by atoms with E-state index in [2.05, 4.69) is 15.2 Å². The van der Waals surface area contributed by atoms with Crippen LogP contribution < -0.4 is 5.73 Å². The average molecular weight is 240 g/mol. The first-order valence-corrected chi connectivity index (χ1v) is 6.33. The zero-order valence-electron chi connectivity index (χ0n) is 10.5. The van der Waals surface area contributed by atoms with Gasteiger partial charge in [-0.3, -0.25) is 0 Å².